The smallest absolute Gasteiger partial charge is 0.387 e. The summed E-state index contributed by atoms with van der Waals surface area (Å²) in [7, 11) is 1.57. The molecule has 0 aliphatic heterocycles. The minimum Gasteiger partial charge on any atom is -0.497 e. The van der Waals surface area contributed by atoms with Crippen molar-refractivity contribution in [2.24, 2.45) is 0 Å². The molecular formula is C15H13ClF2O2. The van der Waals surface area contributed by atoms with E-state index in [0.29, 0.717) is 11.3 Å². The number of rotatable bonds is 5. The molecule has 2 rings (SSSR count). The van der Waals surface area contributed by atoms with Crippen LogP contribution in [0.2, 0.25) is 0 Å². The van der Waals surface area contributed by atoms with E-state index in [0.717, 1.165) is 5.56 Å². The molecule has 0 saturated carbocycles. The summed E-state index contributed by atoms with van der Waals surface area (Å²) in [6.45, 7) is -2.88. The molecule has 0 heterocycles. The van der Waals surface area contributed by atoms with Crippen LogP contribution >= 0.6 is 11.6 Å². The van der Waals surface area contributed by atoms with E-state index in [9.17, 15) is 8.78 Å². The van der Waals surface area contributed by atoms with Gasteiger partial charge in [-0.1, -0.05) is 30.3 Å². The monoisotopic (exact) mass is 298 g/mol. The molecule has 0 spiro atoms. The van der Waals surface area contributed by atoms with E-state index < -0.39 is 12.0 Å². The maximum atomic E-state index is 12.4. The van der Waals surface area contributed by atoms with Crippen molar-refractivity contribution < 1.29 is 18.3 Å². The Morgan fingerprint density at radius 3 is 2.25 bits per heavy atom. The molecule has 0 bridgehead atoms. The summed E-state index contributed by atoms with van der Waals surface area (Å²) in [5.41, 5.74) is 1.28. The zero-order chi connectivity index (χ0) is 14.5. The van der Waals surface area contributed by atoms with Crippen LogP contribution in [-0.2, 0) is 0 Å². The van der Waals surface area contributed by atoms with Gasteiger partial charge in [-0.15, -0.1) is 11.6 Å². The van der Waals surface area contributed by atoms with Crippen molar-refractivity contribution in [2.75, 3.05) is 7.11 Å². The SMILES string of the molecule is COc1ccc(C(Cl)c2ccccc2OC(F)F)cc1. The first-order valence-electron chi connectivity index (χ1n) is 5.93. The molecule has 2 aromatic carbocycles. The highest BCUT2D eigenvalue weighted by Crippen LogP contribution is 2.36. The van der Waals surface area contributed by atoms with Crippen molar-refractivity contribution >= 4 is 11.6 Å². The molecule has 0 aliphatic rings. The lowest BCUT2D eigenvalue weighted by molar-refractivity contribution is -0.0504. The van der Waals surface area contributed by atoms with E-state index >= 15 is 0 Å². The first-order chi connectivity index (χ1) is 9.61. The van der Waals surface area contributed by atoms with Gasteiger partial charge in [-0.05, 0) is 23.8 Å². The second-order valence-corrected chi connectivity index (χ2v) is 4.49. The number of alkyl halides is 3. The van der Waals surface area contributed by atoms with E-state index in [2.05, 4.69) is 4.74 Å². The van der Waals surface area contributed by atoms with Crippen molar-refractivity contribution in [1.82, 2.24) is 0 Å². The van der Waals surface area contributed by atoms with Gasteiger partial charge in [0.2, 0.25) is 0 Å². The predicted molar refractivity (Wildman–Crippen MR) is 73.8 cm³/mol. The lowest BCUT2D eigenvalue weighted by atomic mass is 10.0. The maximum absolute atomic E-state index is 12.4. The number of halogens is 3. The Balaban J connectivity index is 2.29. The van der Waals surface area contributed by atoms with Crippen LogP contribution in [0.25, 0.3) is 0 Å². The largest absolute Gasteiger partial charge is 0.497 e. The van der Waals surface area contributed by atoms with E-state index in [1.54, 1.807) is 49.6 Å². The van der Waals surface area contributed by atoms with Gasteiger partial charge in [0, 0.05) is 5.56 Å². The molecule has 0 N–H and O–H groups in total. The van der Waals surface area contributed by atoms with Crippen LogP contribution < -0.4 is 9.47 Å². The molecule has 0 saturated heterocycles. The topological polar surface area (TPSA) is 18.5 Å². The molecule has 0 aliphatic carbocycles. The molecule has 0 aromatic heterocycles. The van der Waals surface area contributed by atoms with Crippen molar-refractivity contribution in [3.63, 3.8) is 0 Å². The summed E-state index contributed by atoms with van der Waals surface area (Å²) in [5, 5.41) is -0.573. The van der Waals surface area contributed by atoms with Crippen molar-refractivity contribution in [2.45, 2.75) is 12.0 Å². The molecule has 5 heteroatoms. The van der Waals surface area contributed by atoms with Crippen LogP contribution in [-0.4, -0.2) is 13.7 Å². The number of hydrogen-bond donors (Lipinski definition) is 0. The van der Waals surface area contributed by atoms with Crippen LogP contribution in [0.4, 0.5) is 8.78 Å². The van der Waals surface area contributed by atoms with E-state index in [1.807, 2.05) is 0 Å². The Labute approximate surface area is 120 Å². The quantitative estimate of drug-likeness (QED) is 0.750. The second-order valence-electron chi connectivity index (χ2n) is 4.05. The molecule has 0 radical (unpaired) electrons. The Morgan fingerprint density at radius 1 is 1.00 bits per heavy atom. The third kappa shape index (κ3) is 3.39. The maximum Gasteiger partial charge on any atom is 0.387 e. The van der Waals surface area contributed by atoms with Gasteiger partial charge in [-0.25, -0.2) is 0 Å². The highest BCUT2D eigenvalue weighted by Gasteiger charge is 2.17. The molecule has 2 aromatic rings. The average molecular weight is 299 g/mol. The van der Waals surface area contributed by atoms with Gasteiger partial charge in [0.25, 0.3) is 0 Å². The van der Waals surface area contributed by atoms with Gasteiger partial charge < -0.3 is 9.47 Å². The van der Waals surface area contributed by atoms with Gasteiger partial charge >= 0.3 is 6.61 Å². The molecule has 0 fully saturated rings. The van der Waals surface area contributed by atoms with E-state index in [4.69, 9.17) is 16.3 Å². The highest BCUT2D eigenvalue weighted by atomic mass is 35.5. The summed E-state index contributed by atoms with van der Waals surface area (Å²) < 4.78 is 34.3. The average Bonchev–Trinajstić information content (AvgIpc) is 2.46. The summed E-state index contributed by atoms with van der Waals surface area (Å²) in [5.74, 6) is 0.785. The molecule has 2 nitrogen and oxygen atoms in total. The van der Waals surface area contributed by atoms with E-state index in [1.165, 1.54) is 6.07 Å². The lowest BCUT2D eigenvalue weighted by Crippen LogP contribution is -2.05. The molecule has 106 valence electrons. The fourth-order valence-electron chi connectivity index (χ4n) is 1.85. The van der Waals surface area contributed by atoms with Gasteiger partial charge in [0.05, 0.1) is 12.5 Å². The number of ether oxygens (including phenoxy) is 2. The third-order valence-electron chi connectivity index (χ3n) is 2.82. The Hall–Kier alpha value is -1.81. The zero-order valence-electron chi connectivity index (χ0n) is 10.7. The highest BCUT2D eigenvalue weighted by molar-refractivity contribution is 6.22. The summed E-state index contributed by atoms with van der Waals surface area (Å²) in [6.07, 6.45) is 0. The predicted octanol–water partition coefficient (Wildman–Crippen LogP) is 4.62. The Kier molecular flexibility index (Phi) is 4.79. The summed E-state index contributed by atoms with van der Waals surface area (Å²) in [6, 6.07) is 13.6. The van der Waals surface area contributed by atoms with Crippen molar-refractivity contribution in [1.29, 1.82) is 0 Å². The van der Waals surface area contributed by atoms with Crippen molar-refractivity contribution in [3.05, 3.63) is 59.7 Å². The molecule has 20 heavy (non-hydrogen) atoms. The molecular weight excluding hydrogens is 286 g/mol. The van der Waals surface area contributed by atoms with Crippen LogP contribution in [0.1, 0.15) is 16.5 Å². The molecule has 1 atom stereocenters. The zero-order valence-corrected chi connectivity index (χ0v) is 11.5. The standard InChI is InChI=1S/C15H13ClF2O2/c1-19-11-8-6-10(7-9-11)14(16)12-4-2-3-5-13(12)20-15(17)18/h2-9,14-15H,1H3. The third-order valence-corrected chi connectivity index (χ3v) is 3.30. The minimum atomic E-state index is -2.88. The van der Waals surface area contributed by atoms with Gasteiger partial charge in [-0.3, -0.25) is 0 Å². The fraction of sp³-hybridized carbons (Fsp3) is 0.200. The van der Waals surface area contributed by atoms with Gasteiger partial charge in [0.1, 0.15) is 11.5 Å². The Morgan fingerprint density at radius 2 is 1.65 bits per heavy atom. The van der Waals surface area contributed by atoms with Crippen LogP contribution in [0, 0.1) is 0 Å². The van der Waals surface area contributed by atoms with Crippen LogP contribution in [0.15, 0.2) is 48.5 Å². The van der Waals surface area contributed by atoms with Gasteiger partial charge in [-0.2, -0.15) is 8.78 Å². The van der Waals surface area contributed by atoms with Crippen LogP contribution in [0.5, 0.6) is 11.5 Å². The number of benzene rings is 2. The number of methoxy groups -OCH3 is 1. The Bertz CT molecular complexity index is 558. The number of para-hydroxylation sites is 1. The summed E-state index contributed by atoms with van der Waals surface area (Å²) in [4.78, 5) is 0. The molecule has 1 unspecified atom stereocenters. The summed E-state index contributed by atoms with van der Waals surface area (Å²) >= 11 is 6.35. The fourth-order valence-corrected chi connectivity index (χ4v) is 2.17. The van der Waals surface area contributed by atoms with E-state index in [-0.39, 0.29) is 5.75 Å². The van der Waals surface area contributed by atoms with Crippen molar-refractivity contribution in [3.8, 4) is 11.5 Å². The van der Waals surface area contributed by atoms with Crippen LogP contribution in [0.3, 0.4) is 0 Å². The number of hydrogen-bond acceptors (Lipinski definition) is 2. The van der Waals surface area contributed by atoms with Gasteiger partial charge in [0.15, 0.2) is 0 Å². The second kappa shape index (κ2) is 6.57. The normalized spacial score (nSPS) is 12.2. The lowest BCUT2D eigenvalue weighted by Gasteiger charge is -2.15. The molecule has 0 amide bonds. The first-order valence-corrected chi connectivity index (χ1v) is 6.37. The first kappa shape index (κ1) is 14.6. The minimum absolute atomic E-state index is 0.0818.